The van der Waals surface area contributed by atoms with Gasteiger partial charge in [-0.1, -0.05) is 11.6 Å². The van der Waals surface area contributed by atoms with Crippen LogP contribution >= 0.6 is 23.4 Å². The number of carbonyl (C=O) groups is 1. The fraction of sp³-hybridized carbons (Fsp3) is 0.143. The molecule has 21 heavy (non-hydrogen) atoms. The molecule has 0 bridgehead atoms. The highest BCUT2D eigenvalue weighted by Gasteiger charge is 2.19. The van der Waals surface area contributed by atoms with Crippen molar-refractivity contribution in [3.8, 4) is 11.5 Å². The van der Waals surface area contributed by atoms with Crippen LogP contribution in [-0.4, -0.2) is 22.9 Å². The number of nitrogens with zero attached hydrogens (tertiary/aromatic N) is 1. The van der Waals surface area contributed by atoms with Crippen LogP contribution in [0, 0.1) is 0 Å². The minimum Gasteiger partial charge on any atom is -0.478 e. The minimum absolute atomic E-state index is 0.162. The predicted octanol–water partition coefficient (Wildman–Crippen LogP) is 3.45. The average Bonchev–Trinajstić information content (AvgIpc) is 2.94. The van der Waals surface area contributed by atoms with Gasteiger partial charge >= 0.3 is 5.97 Å². The van der Waals surface area contributed by atoms with Gasteiger partial charge in [-0.15, -0.1) is 11.8 Å². The Morgan fingerprint density at radius 3 is 3.10 bits per heavy atom. The standard InChI is InChI=1S/C14H10ClNO4S/c15-10-4-8(5-11-12(10)20-7-19-11)6-21-13-9(14(17)18)2-1-3-16-13/h1-5H,6-7H2,(H,17,18). The number of benzene rings is 1. The Hall–Kier alpha value is -1.92. The van der Waals surface area contributed by atoms with Crippen molar-refractivity contribution in [2.24, 2.45) is 0 Å². The van der Waals surface area contributed by atoms with Gasteiger partial charge in [-0.05, 0) is 29.8 Å². The van der Waals surface area contributed by atoms with E-state index in [1.165, 1.54) is 17.8 Å². The van der Waals surface area contributed by atoms with E-state index in [4.69, 9.17) is 26.2 Å². The number of ether oxygens (including phenoxy) is 2. The van der Waals surface area contributed by atoms with Gasteiger partial charge in [0.2, 0.25) is 6.79 Å². The van der Waals surface area contributed by atoms with Gasteiger partial charge in [0, 0.05) is 11.9 Å². The molecule has 0 aliphatic carbocycles. The summed E-state index contributed by atoms with van der Waals surface area (Å²) in [4.78, 5) is 15.2. The molecule has 2 heterocycles. The van der Waals surface area contributed by atoms with Crippen LogP contribution in [0.3, 0.4) is 0 Å². The summed E-state index contributed by atoms with van der Waals surface area (Å²) in [6.45, 7) is 0.162. The zero-order chi connectivity index (χ0) is 14.8. The molecule has 0 atom stereocenters. The predicted molar refractivity (Wildman–Crippen MR) is 78.3 cm³/mol. The molecule has 1 N–H and O–H groups in total. The van der Waals surface area contributed by atoms with Crippen molar-refractivity contribution >= 4 is 29.3 Å². The Bertz CT molecular complexity index is 707. The number of hydrogen-bond donors (Lipinski definition) is 1. The second-order valence-electron chi connectivity index (χ2n) is 4.26. The Morgan fingerprint density at radius 1 is 1.43 bits per heavy atom. The van der Waals surface area contributed by atoms with E-state index in [0.717, 1.165) is 5.56 Å². The second kappa shape index (κ2) is 5.83. The Morgan fingerprint density at radius 2 is 2.29 bits per heavy atom. The van der Waals surface area contributed by atoms with E-state index in [0.29, 0.717) is 27.3 Å². The molecule has 1 aliphatic heterocycles. The van der Waals surface area contributed by atoms with Gasteiger partial charge in [0.1, 0.15) is 5.03 Å². The van der Waals surface area contributed by atoms with Crippen LogP contribution in [0.5, 0.6) is 11.5 Å². The van der Waals surface area contributed by atoms with Crippen LogP contribution in [0.25, 0.3) is 0 Å². The third kappa shape index (κ3) is 2.91. The van der Waals surface area contributed by atoms with E-state index >= 15 is 0 Å². The Kier molecular flexibility index (Phi) is 3.90. The molecule has 0 fully saturated rings. The van der Waals surface area contributed by atoms with E-state index in [2.05, 4.69) is 4.98 Å². The SMILES string of the molecule is O=C(O)c1cccnc1SCc1cc(Cl)c2c(c1)OCO2. The van der Waals surface area contributed by atoms with Gasteiger partial charge in [-0.2, -0.15) is 0 Å². The van der Waals surface area contributed by atoms with Crippen LogP contribution in [0.4, 0.5) is 0 Å². The molecule has 5 nitrogen and oxygen atoms in total. The molecule has 7 heteroatoms. The number of hydrogen-bond acceptors (Lipinski definition) is 5. The lowest BCUT2D eigenvalue weighted by atomic mass is 10.2. The van der Waals surface area contributed by atoms with Gasteiger partial charge < -0.3 is 14.6 Å². The van der Waals surface area contributed by atoms with E-state index in [1.807, 2.05) is 6.07 Å². The van der Waals surface area contributed by atoms with E-state index in [-0.39, 0.29) is 12.4 Å². The van der Waals surface area contributed by atoms with Gasteiger partial charge in [-0.3, -0.25) is 0 Å². The monoisotopic (exact) mass is 323 g/mol. The molecule has 3 rings (SSSR count). The number of fused-ring (bicyclic) bond motifs is 1. The summed E-state index contributed by atoms with van der Waals surface area (Å²) < 4.78 is 10.6. The van der Waals surface area contributed by atoms with Crippen LogP contribution in [0.2, 0.25) is 5.02 Å². The highest BCUT2D eigenvalue weighted by molar-refractivity contribution is 7.98. The first kappa shape index (κ1) is 14.0. The molecule has 0 unspecified atom stereocenters. The number of rotatable bonds is 4. The van der Waals surface area contributed by atoms with Crippen molar-refractivity contribution in [2.75, 3.05) is 6.79 Å². The summed E-state index contributed by atoms with van der Waals surface area (Å²) in [6, 6.07) is 6.76. The molecule has 1 aromatic heterocycles. The first-order valence-electron chi connectivity index (χ1n) is 6.04. The largest absolute Gasteiger partial charge is 0.478 e. The number of carboxylic acid groups (broad SMARTS) is 1. The highest BCUT2D eigenvalue weighted by atomic mass is 35.5. The topological polar surface area (TPSA) is 68.7 Å². The summed E-state index contributed by atoms with van der Waals surface area (Å²) in [5.74, 6) is 0.703. The molecule has 0 spiro atoms. The molecule has 2 aromatic rings. The fourth-order valence-corrected chi connectivity index (χ4v) is 3.13. The van der Waals surface area contributed by atoms with Gasteiger partial charge in [0.05, 0.1) is 10.6 Å². The van der Waals surface area contributed by atoms with Crippen molar-refractivity contribution in [1.29, 1.82) is 0 Å². The number of carboxylic acids is 1. The molecule has 108 valence electrons. The summed E-state index contributed by atoms with van der Waals surface area (Å²) in [7, 11) is 0. The van der Waals surface area contributed by atoms with Gasteiger partial charge in [-0.25, -0.2) is 9.78 Å². The number of halogens is 1. The Balaban J connectivity index is 1.80. The molecule has 0 amide bonds. The van der Waals surface area contributed by atoms with Gasteiger partial charge in [0.15, 0.2) is 11.5 Å². The smallest absolute Gasteiger partial charge is 0.338 e. The third-order valence-corrected chi connectivity index (χ3v) is 4.22. The zero-order valence-electron chi connectivity index (χ0n) is 10.7. The van der Waals surface area contributed by atoms with Gasteiger partial charge in [0.25, 0.3) is 0 Å². The van der Waals surface area contributed by atoms with E-state index in [1.54, 1.807) is 18.3 Å². The van der Waals surface area contributed by atoms with Crippen LogP contribution in [0.1, 0.15) is 15.9 Å². The summed E-state index contributed by atoms with van der Waals surface area (Å²) in [5.41, 5.74) is 1.10. The highest BCUT2D eigenvalue weighted by Crippen LogP contribution is 2.40. The molecular formula is C14H10ClNO4S. The first-order valence-corrected chi connectivity index (χ1v) is 7.40. The molecule has 0 saturated heterocycles. The van der Waals surface area contributed by atoms with Crippen LogP contribution in [-0.2, 0) is 5.75 Å². The number of pyridine rings is 1. The lowest BCUT2D eigenvalue weighted by Gasteiger charge is -2.06. The van der Waals surface area contributed by atoms with Crippen molar-refractivity contribution in [1.82, 2.24) is 4.98 Å². The second-order valence-corrected chi connectivity index (χ2v) is 5.63. The lowest BCUT2D eigenvalue weighted by Crippen LogP contribution is -2.00. The third-order valence-electron chi connectivity index (χ3n) is 2.86. The maximum atomic E-state index is 11.1. The Labute approximate surface area is 129 Å². The normalized spacial score (nSPS) is 12.4. The molecule has 0 radical (unpaired) electrons. The van der Waals surface area contributed by atoms with Crippen molar-refractivity contribution in [3.05, 3.63) is 46.6 Å². The quantitative estimate of drug-likeness (QED) is 0.869. The molecular weight excluding hydrogens is 314 g/mol. The van der Waals surface area contributed by atoms with Crippen molar-refractivity contribution < 1.29 is 19.4 Å². The number of aromatic nitrogens is 1. The maximum absolute atomic E-state index is 11.1. The lowest BCUT2D eigenvalue weighted by molar-refractivity contribution is 0.0692. The van der Waals surface area contributed by atoms with Crippen molar-refractivity contribution in [3.63, 3.8) is 0 Å². The maximum Gasteiger partial charge on any atom is 0.338 e. The number of thioether (sulfide) groups is 1. The first-order chi connectivity index (χ1) is 10.1. The zero-order valence-corrected chi connectivity index (χ0v) is 12.3. The van der Waals surface area contributed by atoms with Crippen LogP contribution in [0.15, 0.2) is 35.5 Å². The van der Waals surface area contributed by atoms with Crippen LogP contribution < -0.4 is 9.47 Å². The summed E-state index contributed by atoms with van der Waals surface area (Å²) >= 11 is 7.45. The molecule has 1 aliphatic rings. The van der Waals surface area contributed by atoms with Crippen molar-refractivity contribution in [2.45, 2.75) is 10.8 Å². The average molecular weight is 324 g/mol. The fourth-order valence-electron chi connectivity index (χ4n) is 1.92. The van der Waals surface area contributed by atoms with E-state index < -0.39 is 5.97 Å². The molecule has 0 saturated carbocycles. The summed E-state index contributed by atoms with van der Waals surface area (Å²) in [6.07, 6.45) is 1.57. The number of aromatic carboxylic acids is 1. The summed E-state index contributed by atoms with van der Waals surface area (Å²) in [5, 5.41) is 10.1. The van der Waals surface area contributed by atoms with E-state index in [9.17, 15) is 4.79 Å². The minimum atomic E-state index is -0.991. The molecule has 1 aromatic carbocycles.